The first-order valence-electron chi connectivity index (χ1n) is 6.85. The summed E-state index contributed by atoms with van der Waals surface area (Å²) >= 11 is 6.04. The number of carbonyl (C=O) groups is 1. The number of aromatic nitrogens is 2. The number of nitrogens with zero attached hydrogens (tertiary/aromatic N) is 1. The molecule has 0 aliphatic carbocycles. The molecule has 1 aliphatic rings. The molecule has 1 aliphatic heterocycles. The van der Waals surface area contributed by atoms with Crippen molar-refractivity contribution in [2.75, 3.05) is 19.6 Å². The molecule has 0 bridgehead atoms. The number of nitrogens with one attached hydrogen (secondary N) is 3. The zero-order valence-corrected chi connectivity index (χ0v) is 11.8. The summed E-state index contributed by atoms with van der Waals surface area (Å²) in [5.74, 6) is 0.469. The van der Waals surface area contributed by atoms with Gasteiger partial charge in [0.2, 0.25) is 0 Å². The highest BCUT2D eigenvalue weighted by molar-refractivity contribution is 6.32. The van der Waals surface area contributed by atoms with Crippen LogP contribution in [0.3, 0.4) is 0 Å². The monoisotopic (exact) mass is 292 g/mol. The van der Waals surface area contributed by atoms with Gasteiger partial charge in [-0.25, -0.2) is 0 Å². The van der Waals surface area contributed by atoms with Gasteiger partial charge in [-0.1, -0.05) is 11.6 Å². The van der Waals surface area contributed by atoms with Crippen LogP contribution < -0.4 is 10.6 Å². The number of hydrogen-bond donors (Lipinski definition) is 3. The fourth-order valence-electron chi connectivity index (χ4n) is 2.62. The lowest BCUT2D eigenvalue weighted by Crippen LogP contribution is -2.36. The second kappa shape index (κ2) is 5.81. The van der Waals surface area contributed by atoms with E-state index in [9.17, 15) is 4.79 Å². The number of piperidine rings is 1. The van der Waals surface area contributed by atoms with Crippen LogP contribution in [0.25, 0.3) is 10.9 Å². The number of H-pyrrole nitrogens is 1. The number of halogens is 1. The highest BCUT2D eigenvalue weighted by atomic mass is 35.5. The number of rotatable bonds is 3. The van der Waals surface area contributed by atoms with Crippen molar-refractivity contribution < 1.29 is 4.79 Å². The average Bonchev–Trinajstić information content (AvgIpc) is 2.93. The van der Waals surface area contributed by atoms with Crippen LogP contribution in [0, 0.1) is 5.92 Å². The van der Waals surface area contributed by atoms with Crippen molar-refractivity contribution >= 4 is 28.4 Å². The smallest absolute Gasteiger partial charge is 0.252 e. The van der Waals surface area contributed by atoms with Crippen LogP contribution in [0.15, 0.2) is 18.3 Å². The Morgan fingerprint density at radius 3 is 3.00 bits per heavy atom. The summed E-state index contributed by atoms with van der Waals surface area (Å²) in [7, 11) is 0. The lowest BCUT2D eigenvalue weighted by molar-refractivity contribution is 0.0946. The van der Waals surface area contributed by atoms with E-state index in [1.165, 1.54) is 0 Å². The van der Waals surface area contributed by atoms with E-state index in [0.29, 0.717) is 23.0 Å². The molecule has 0 spiro atoms. The molecule has 20 heavy (non-hydrogen) atoms. The lowest BCUT2D eigenvalue weighted by atomic mass is 9.98. The van der Waals surface area contributed by atoms with Crippen molar-refractivity contribution in [2.24, 2.45) is 5.92 Å². The third-order valence-electron chi connectivity index (χ3n) is 3.78. The van der Waals surface area contributed by atoms with E-state index < -0.39 is 0 Å². The molecule has 0 unspecified atom stereocenters. The molecule has 2 aromatic rings. The van der Waals surface area contributed by atoms with Crippen LogP contribution in [-0.4, -0.2) is 35.7 Å². The molecule has 1 aromatic heterocycles. The number of fused-ring (bicyclic) bond motifs is 1. The maximum Gasteiger partial charge on any atom is 0.252 e. The molecule has 3 rings (SSSR count). The Labute approximate surface area is 122 Å². The van der Waals surface area contributed by atoms with E-state index in [1.807, 2.05) is 0 Å². The van der Waals surface area contributed by atoms with Crippen molar-refractivity contribution in [3.05, 3.63) is 28.9 Å². The third kappa shape index (κ3) is 2.78. The minimum atomic E-state index is -0.0857. The standard InChI is InChI=1S/C14H17ClN4O/c15-10-5-11(12-8-18-19-13(12)6-10)14(20)17-7-9-1-3-16-4-2-9/h5-6,8-9,16H,1-4,7H2,(H,17,20)(H,18,19). The molecule has 0 radical (unpaired) electrons. The van der Waals surface area contributed by atoms with Gasteiger partial charge in [-0.05, 0) is 44.0 Å². The Kier molecular flexibility index (Phi) is 3.89. The number of aromatic amines is 1. The predicted octanol–water partition coefficient (Wildman–Crippen LogP) is 1.95. The van der Waals surface area contributed by atoms with Crippen LogP contribution in [0.4, 0.5) is 0 Å². The number of hydrogen-bond acceptors (Lipinski definition) is 3. The fraction of sp³-hybridized carbons (Fsp3) is 0.429. The van der Waals surface area contributed by atoms with Crippen LogP contribution in [0.1, 0.15) is 23.2 Å². The fourth-order valence-corrected chi connectivity index (χ4v) is 2.84. The summed E-state index contributed by atoms with van der Waals surface area (Å²) in [6, 6.07) is 3.46. The van der Waals surface area contributed by atoms with Gasteiger partial charge in [-0.15, -0.1) is 0 Å². The average molecular weight is 293 g/mol. The first kappa shape index (κ1) is 13.4. The molecule has 2 heterocycles. The van der Waals surface area contributed by atoms with E-state index in [2.05, 4.69) is 20.8 Å². The largest absolute Gasteiger partial charge is 0.352 e. The van der Waals surface area contributed by atoms with Gasteiger partial charge in [0.15, 0.2) is 0 Å². The first-order valence-corrected chi connectivity index (χ1v) is 7.23. The minimum Gasteiger partial charge on any atom is -0.352 e. The number of amides is 1. The summed E-state index contributed by atoms with van der Waals surface area (Å²) in [5, 5.41) is 14.5. The van der Waals surface area contributed by atoms with Gasteiger partial charge in [0, 0.05) is 17.0 Å². The van der Waals surface area contributed by atoms with Gasteiger partial charge in [0.1, 0.15) is 0 Å². The van der Waals surface area contributed by atoms with Crippen LogP contribution in [-0.2, 0) is 0 Å². The van der Waals surface area contributed by atoms with E-state index >= 15 is 0 Å². The number of benzene rings is 1. The van der Waals surface area contributed by atoms with Gasteiger partial charge in [0.25, 0.3) is 5.91 Å². The molecule has 0 saturated carbocycles. The third-order valence-corrected chi connectivity index (χ3v) is 4.00. The second-order valence-electron chi connectivity index (χ2n) is 5.19. The summed E-state index contributed by atoms with van der Waals surface area (Å²) < 4.78 is 0. The molecule has 3 N–H and O–H groups in total. The number of carbonyl (C=O) groups excluding carboxylic acids is 1. The topological polar surface area (TPSA) is 69.8 Å². The van der Waals surface area contributed by atoms with Gasteiger partial charge in [-0.3, -0.25) is 9.89 Å². The quantitative estimate of drug-likeness (QED) is 0.810. The summed E-state index contributed by atoms with van der Waals surface area (Å²) in [4.78, 5) is 12.3. The van der Waals surface area contributed by atoms with E-state index in [4.69, 9.17) is 11.6 Å². The molecular formula is C14H17ClN4O. The van der Waals surface area contributed by atoms with Gasteiger partial charge in [-0.2, -0.15) is 5.10 Å². The second-order valence-corrected chi connectivity index (χ2v) is 5.62. The molecule has 6 heteroatoms. The van der Waals surface area contributed by atoms with Crippen molar-refractivity contribution in [2.45, 2.75) is 12.8 Å². The highest BCUT2D eigenvalue weighted by Crippen LogP contribution is 2.22. The van der Waals surface area contributed by atoms with Crippen molar-refractivity contribution in [1.29, 1.82) is 0 Å². The molecular weight excluding hydrogens is 276 g/mol. The van der Waals surface area contributed by atoms with Crippen LogP contribution in [0.5, 0.6) is 0 Å². The Hall–Kier alpha value is -1.59. The summed E-state index contributed by atoms with van der Waals surface area (Å²) in [5.41, 5.74) is 1.36. The SMILES string of the molecule is O=C(NCC1CCNCC1)c1cc(Cl)cc2[nH]ncc12. The summed E-state index contributed by atoms with van der Waals surface area (Å²) in [6.45, 7) is 2.78. The van der Waals surface area contributed by atoms with Gasteiger partial charge in [0.05, 0.1) is 17.3 Å². The van der Waals surface area contributed by atoms with Gasteiger partial charge < -0.3 is 10.6 Å². The highest BCUT2D eigenvalue weighted by Gasteiger charge is 2.16. The van der Waals surface area contributed by atoms with Crippen LogP contribution >= 0.6 is 11.6 Å². The lowest BCUT2D eigenvalue weighted by Gasteiger charge is -2.22. The zero-order valence-electron chi connectivity index (χ0n) is 11.1. The maximum absolute atomic E-state index is 12.3. The molecule has 1 fully saturated rings. The Bertz CT molecular complexity index is 619. The van der Waals surface area contributed by atoms with E-state index in [0.717, 1.165) is 36.8 Å². The van der Waals surface area contributed by atoms with E-state index in [1.54, 1.807) is 18.3 Å². The molecule has 1 aromatic carbocycles. The molecule has 1 amide bonds. The molecule has 106 valence electrons. The van der Waals surface area contributed by atoms with E-state index in [-0.39, 0.29) is 5.91 Å². The maximum atomic E-state index is 12.3. The Morgan fingerprint density at radius 2 is 2.20 bits per heavy atom. The Balaban J connectivity index is 1.73. The molecule has 1 saturated heterocycles. The summed E-state index contributed by atoms with van der Waals surface area (Å²) in [6.07, 6.45) is 3.87. The van der Waals surface area contributed by atoms with Crippen LogP contribution in [0.2, 0.25) is 5.02 Å². The zero-order chi connectivity index (χ0) is 13.9. The van der Waals surface area contributed by atoms with Crippen molar-refractivity contribution in [3.8, 4) is 0 Å². The van der Waals surface area contributed by atoms with Gasteiger partial charge >= 0.3 is 0 Å². The molecule has 5 nitrogen and oxygen atoms in total. The first-order chi connectivity index (χ1) is 9.74. The minimum absolute atomic E-state index is 0.0857. The molecule has 0 atom stereocenters. The van der Waals surface area contributed by atoms with Crippen molar-refractivity contribution in [3.63, 3.8) is 0 Å². The predicted molar refractivity (Wildman–Crippen MR) is 79.0 cm³/mol. The normalized spacial score (nSPS) is 16.4. The van der Waals surface area contributed by atoms with Crippen molar-refractivity contribution in [1.82, 2.24) is 20.8 Å². The Morgan fingerprint density at radius 1 is 1.40 bits per heavy atom.